The number of aryl methyl sites for hydroxylation is 1. The molecule has 38 heavy (non-hydrogen) atoms. The molecule has 0 spiro atoms. The van der Waals surface area contributed by atoms with Crippen molar-refractivity contribution in [1.82, 2.24) is 9.80 Å². The summed E-state index contributed by atoms with van der Waals surface area (Å²) in [7, 11) is 3.90. The highest BCUT2D eigenvalue weighted by atomic mass is 16.5. The standard InChI is InChI=1S/C31H32N2O5/c1-5-36-26-18-22(14-15-25(26)37-19-21-12-10-20(2)11-13-21)28-27-29(34)23-8-6-7-9-24(23)38-30(27)31(35)33(28)17-16-32(3)4/h6-15,18,28H,5,16-17,19H2,1-4H3/t28-/m1/s1. The maximum absolute atomic E-state index is 13.7. The molecule has 1 aliphatic rings. The van der Waals surface area contributed by atoms with E-state index in [1.165, 1.54) is 5.56 Å². The number of nitrogens with zero attached hydrogens (tertiary/aromatic N) is 2. The van der Waals surface area contributed by atoms with Crippen molar-refractivity contribution in [3.05, 3.63) is 105 Å². The molecule has 1 amide bonds. The molecule has 0 saturated carbocycles. The zero-order valence-electron chi connectivity index (χ0n) is 22.2. The SMILES string of the molecule is CCOc1cc([C@@H]2c3c(oc4ccccc4c3=O)C(=O)N2CCN(C)C)ccc1OCc1ccc(C)cc1. The Bertz CT molecular complexity index is 1520. The van der Waals surface area contributed by atoms with Crippen LogP contribution < -0.4 is 14.9 Å². The van der Waals surface area contributed by atoms with E-state index in [-0.39, 0.29) is 17.1 Å². The van der Waals surface area contributed by atoms with E-state index in [0.717, 1.165) is 11.1 Å². The summed E-state index contributed by atoms with van der Waals surface area (Å²) in [6.45, 7) is 5.88. The van der Waals surface area contributed by atoms with Crippen molar-refractivity contribution in [2.75, 3.05) is 33.8 Å². The van der Waals surface area contributed by atoms with E-state index in [1.807, 2.05) is 63.2 Å². The normalized spacial score (nSPS) is 14.8. The van der Waals surface area contributed by atoms with Crippen molar-refractivity contribution in [2.24, 2.45) is 0 Å². The number of carbonyl (C=O) groups is 1. The molecule has 1 aliphatic heterocycles. The van der Waals surface area contributed by atoms with Crippen LogP contribution in [0.15, 0.2) is 75.9 Å². The Kier molecular flexibility index (Phi) is 7.20. The average Bonchev–Trinajstić information content (AvgIpc) is 3.19. The molecule has 0 saturated heterocycles. The van der Waals surface area contributed by atoms with E-state index >= 15 is 0 Å². The van der Waals surface area contributed by atoms with Crippen LogP contribution >= 0.6 is 0 Å². The fraction of sp³-hybridized carbons (Fsp3) is 0.290. The Morgan fingerprint density at radius 1 is 0.947 bits per heavy atom. The maximum atomic E-state index is 13.7. The predicted octanol–water partition coefficient (Wildman–Crippen LogP) is 5.19. The van der Waals surface area contributed by atoms with Crippen LogP contribution in [-0.2, 0) is 6.61 Å². The van der Waals surface area contributed by atoms with E-state index < -0.39 is 6.04 Å². The van der Waals surface area contributed by atoms with Crippen molar-refractivity contribution in [1.29, 1.82) is 0 Å². The number of amides is 1. The van der Waals surface area contributed by atoms with Crippen LogP contribution in [0.1, 0.15) is 45.8 Å². The van der Waals surface area contributed by atoms with Gasteiger partial charge in [-0.05, 0) is 63.3 Å². The summed E-state index contributed by atoms with van der Waals surface area (Å²) in [5.41, 5.74) is 3.60. The average molecular weight is 513 g/mol. The first-order valence-corrected chi connectivity index (χ1v) is 12.8. The van der Waals surface area contributed by atoms with Crippen LogP contribution in [0.4, 0.5) is 0 Å². The van der Waals surface area contributed by atoms with Crippen molar-refractivity contribution >= 4 is 16.9 Å². The maximum Gasteiger partial charge on any atom is 0.290 e. The zero-order chi connectivity index (χ0) is 26.8. The number of hydrogen-bond acceptors (Lipinski definition) is 6. The van der Waals surface area contributed by atoms with Crippen LogP contribution in [0, 0.1) is 6.92 Å². The van der Waals surface area contributed by atoms with E-state index in [2.05, 4.69) is 12.1 Å². The van der Waals surface area contributed by atoms with Gasteiger partial charge in [0.1, 0.15) is 12.2 Å². The highest BCUT2D eigenvalue weighted by Crippen LogP contribution is 2.41. The van der Waals surface area contributed by atoms with Crippen molar-refractivity contribution < 1.29 is 18.7 Å². The van der Waals surface area contributed by atoms with Crippen LogP contribution in [0.3, 0.4) is 0 Å². The lowest BCUT2D eigenvalue weighted by Gasteiger charge is -2.27. The lowest BCUT2D eigenvalue weighted by atomic mass is 9.98. The van der Waals surface area contributed by atoms with Crippen LogP contribution in [-0.4, -0.2) is 49.5 Å². The Labute approximate surface area is 222 Å². The Balaban J connectivity index is 1.56. The number of hydrogen-bond donors (Lipinski definition) is 0. The molecule has 196 valence electrons. The monoisotopic (exact) mass is 512 g/mol. The molecule has 4 aromatic rings. The summed E-state index contributed by atoms with van der Waals surface area (Å²) < 4.78 is 18.1. The number of para-hydroxylation sites is 1. The van der Waals surface area contributed by atoms with E-state index in [9.17, 15) is 9.59 Å². The molecule has 2 heterocycles. The van der Waals surface area contributed by atoms with Crippen LogP contribution in [0.25, 0.3) is 11.0 Å². The first kappa shape index (κ1) is 25.5. The summed E-state index contributed by atoms with van der Waals surface area (Å²) in [4.78, 5) is 31.0. The second-order valence-corrected chi connectivity index (χ2v) is 9.79. The third kappa shape index (κ3) is 4.89. The van der Waals surface area contributed by atoms with Gasteiger partial charge in [-0.2, -0.15) is 0 Å². The number of likely N-dealkylation sites (N-methyl/N-ethyl adjacent to an activating group) is 1. The smallest absolute Gasteiger partial charge is 0.290 e. The van der Waals surface area contributed by atoms with Crippen molar-refractivity contribution in [3.8, 4) is 11.5 Å². The van der Waals surface area contributed by atoms with Gasteiger partial charge in [0.15, 0.2) is 16.9 Å². The molecule has 7 nitrogen and oxygen atoms in total. The molecule has 1 atom stereocenters. The highest BCUT2D eigenvalue weighted by molar-refractivity contribution is 5.99. The van der Waals surface area contributed by atoms with Gasteiger partial charge in [0.25, 0.3) is 5.91 Å². The van der Waals surface area contributed by atoms with Gasteiger partial charge in [-0.15, -0.1) is 0 Å². The number of benzene rings is 3. The fourth-order valence-electron chi connectivity index (χ4n) is 4.78. The minimum absolute atomic E-state index is 0.107. The summed E-state index contributed by atoms with van der Waals surface area (Å²) in [5.74, 6) is 0.990. The Hall–Kier alpha value is -4.10. The van der Waals surface area contributed by atoms with Crippen LogP contribution in [0.5, 0.6) is 11.5 Å². The second-order valence-electron chi connectivity index (χ2n) is 9.79. The van der Waals surface area contributed by atoms with Crippen molar-refractivity contribution in [3.63, 3.8) is 0 Å². The molecule has 0 bridgehead atoms. The van der Waals surface area contributed by atoms with Gasteiger partial charge >= 0.3 is 0 Å². The van der Waals surface area contributed by atoms with E-state index in [1.54, 1.807) is 29.2 Å². The predicted molar refractivity (Wildman–Crippen MR) is 147 cm³/mol. The van der Waals surface area contributed by atoms with Gasteiger partial charge in [-0.25, -0.2) is 0 Å². The van der Waals surface area contributed by atoms with Gasteiger partial charge < -0.3 is 23.7 Å². The van der Waals surface area contributed by atoms with Gasteiger partial charge in [0.05, 0.1) is 23.6 Å². The van der Waals surface area contributed by atoms with E-state index in [4.69, 9.17) is 13.9 Å². The third-order valence-corrected chi connectivity index (χ3v) is 6.76. The number of carbonyl (C=O) groups excluding carboxylic acids is 1. The molecule has 7 heteroatoms. The largest absolute Gasteiger partial charge is 0.490 e. The summed E-state index contributed by atoms with van der Waals surface area (Å²) >= 11 is 0. The van der Waals surface area contributed by atoms with Crippen molar-refractivity contribution in [2.45, 2.75) is 26.5 Å². The van der Waals surface area contributed by atoms with Gasteiger partial charge in [-0.1, -0.05) is 48.0 Å². The molecule has 0 N–H and O–H groups in total. The molecule has 0 unspecified atom stereocenters. The van der Waals surface area contributed by atoms with Crippen LogP contribution in [0.2, 0.25) is 0 Å². The molecular formula is C31H32N2O5. The first-order valence-electron chi connectivity index (χ1n) is 12.8. The van der Waals surface area contributed by atoms with Gasteiger partial charge in [0, 0.05) is 13.1 Å². The van der Waals surface area contributed by atoms with Gasteiger partial charge in [-0.3, -0.25) is 9.59 Å². The Morgan fingerprint density at radius 3 is 2.45 bits per heavy atom. The molecular weight excluding hydrogens is 480 g/mol. The Morgan fingerprint density at radius 2 is 1.71 bits per heavy atom. The quantitative estimate of drug-likeness (QED) is 0.308. The molecule has 5 rings (SSSR count). The topological polar surface area (TPSA) is 72.2 Å². The minimum Gasteiger partial charge on any atom is -0.490 e. The fourth-order valence-corrected chi connectivity index (χ4v) is 4.78. The third-order valence-electron chi connectivity index (χ3n) is 6.76. The highest BCUT2D eigenvalue weighted by Gasteiger charge is 2.42. The number of rotatable bonds is 9. The summed E-state index contributed by atoms with van der Waals surface area (Å²) in [6, 6.07) is 20.3. The molecule has 0 radical (unpaired) electrons. The van der Waals surface area contributed by atoms with Gasteiger partial charge in [0.2, 0.25) is 5.76 Å². The lowest BCUT2D eigenvalue weighted by molar-refractivity contribution is 0.0716. The molecule has 0 aliphatic carbocycles. The molecule has 0 fully saturated rings. The summed E-state index contributed by atoms with van der Waals surface area (Å²) in [6.07, 6.45) is 0. The number of fused-ring (bicyclic) bond motifs is 2. The molecule has 1 aromatic heterocycles. The lowest BCUT2D eigenvalue weighted by Crippen LogP contribution is -2.35. The second kappa shape index (κ2) is 10.7. The van der Waals surface area contributed by atoms with E-state index in [0.29, 0.717) is 54.3 Å². The zero-order valence-corrected chi connectivity index (χ0v) is 22.2. The number of ether oxygens (including phenoxy) is 2. The minimum atomic E-state index is -0.594. The summed E-state index contributed by atoms with van der Waals surface area (Å²) in [5, 5.41) is 0.460. The molecule has 3 aromatic carbocycles. The first-order chi connectivity index (χ1) is 18.4.